The lowest BCUT2D eigenvalue weighted by Gasteiger charge is -2.22. The van der Waals surface area contributed by atoms with Gasteiger partial charge in [0, 0.05) is 31.5 Å². The Hall–Kier alpha value is -3.50. The zero-order valence-corrected chi connectivity index (χ0v) is 16.0. The molecule has 29 heavy (non-hydrogen) atoms. The van der Waals surface area contributed by atoms with Gasteiger partial charge in [-0.05, 0) is 18.9 Å². The Bertz CT molecular complexity index is 1110. The van der Waals surface area contributed by atoms with Gasteiger partial charge in [-0.1, -0.05) is 24.1 Å². The highest BCUT2D eigenvalue weighted by Gasteiger charge is 2.30. The van der Waals surface area contributed by atoms with Gasteiger partial charge in [0.05, 0.1) is 22.6 Å². The van der Waals surface area contributed by atoms with Gasteiger partial charge in [-0.3, -0.25) is 9.59 Å². The molecule has 3 aromatic rings. The summed E-state index contributed by atoms with van der Waals surface area (Å²) in [4.78, 5) is 33.9. The van der Waals surface area contributed by atoms with Crippen LogP contribution in [0.3, 0.4) is 0 Å². The van der Waals surface area contributed by atoms with Crippen LogP contribution in [-0.4, -0.2) is 51.3 Å². The number of fused-ring (bicyclic) bond motifs is 1. The number of hydrogen-bond acceptors (Lipinski definition) is 5. The molecule has 1 fully saturated rings. The molecule has 0 spiro atoms. The number of rotatable bonds is 5. The van der Waals surface area contributed by atoms with Crippen LogP contribution in [-0.2, 0) is 4.74 Å². The molecule has 0 aliphatic carbocycles. The summed E-state index contributed by atoms with van der Waals surface area (Å²) in [7, 11) is 1.72. The van der Waals surface area contributed by atoms with E-state index in [-0.39, 0.29) is 18.2 Å². The highest BCUT2D eigenvalue weighted by Crippen LogP contribution is 2.32. The van der Waals surface area contributed by atoms with Gasteiger partial charge >= 0.3 is 0 Å². The number of nitrogens with zero attached hydrogens (tertiary/aromatic N) is 4. The number of likely N-dealkylation sites (N-methyl/N-ethyl adjacent to an activating group) is 1. The average molecular weight is 388 g/mol. The zero-order chi connectivity index (χ0) is 20.4. The number of benzene rings is 1. The Kier molecular flexibility index (Phi) is 5.10. The second-order valence-electron chi connectivity index (χ2n) is 7.04. The molecule has 2 unspecified atom stereocenters. The summed E-state index contributed by atoms with van der Waals surface area (Å²) >= 11 is 0. The SMILES string of the molecule is C#Cc1cn(C2CCC(CN(C)C(=O)c3ccccc3C=O)O2)c2ncncc12. The fourth-order valence-electron chi connectivity index (χ4n) is 3.74. The normalized spacial score (nSPS) is 18.5. The first kappa shape index (κ1) is 18.8. The van der Waals surface area contributed by atoms with Crippen LogP contribution in [0.15, 0.2) is 43.0 Å². The summed E-state index contributed by atoms with van der Waals surface area (Å²) in [6, 6.07) is 6.78. The van der Waals surface area contributed by atoms with Crippen LogP contribution in [0.1, 0.15) is 45.3 Å². The van der Waals surface area contributed by atoms with Crippen LogP contribution in [0.25, 0.3) is 11.0 Å². The standard InChI is InChI=1S/C22H20N4O3/c1-3-15-11-26(21-19(15)10-23-14-24-21)20-9-8-17(29-20)12-25(2)22(28)18-7-5-4-6-16(18)13-27/h1,4-7,10-11,13-14,17,20H,8-9,12H2,2H3. The molecule has 7 nitrogen and oxygen atoms in total. The van der Waals surface area contributed by atoms with E-state index in [1.165, 1.54) is 6.33 Å². The van der Waals surface area contributed by atoms with Crippen LogP contribution in [0, 0.1) is 12.3 Å². The lowest BCUT2D eigenvalue weighted by atomic mass is 10.1. The molecule has 1 aromatic carbocycles. The summed E-state index contributed by atoms with van der Waals surface area (Å²) in [6.45, 7) is 0.429. The second kappa shape index (κ2) is 7.86. The molecule has 3 heterocycles. The van der Waals surface area contributed by atoms with Gasteiger partial charge in [-0.25, -0.2) is 9.97 Å². The number of carbonyl (C=O) groups is 2. The fourth-order valence-corrected chi connectivity index (χ4v) is 3.74. The molecule has 0 N–H and O–H groups in total. The van der Waals surface area contributed by atoms with Gasteiger partial charge in [0.15, 0.2) is 6.29 Å². The van der Waals surface area contributed by atoms with Crippen molar-refractivity contribution in [3.8, 4) is 12.3 Å². The van der Waals surface area contributed by atoms with Crippen molar-refractivity contribution >= 4 is 23.2 Å². The van der Waals surface area contributed by atoms with Crippen LogP contribution >= 0.6 is 0 Å². The molecule has 1 aliphatic rings. The minimum absolute atomic E-state index is 0.120. The number of aldehydes is 1. The lowest BCUT2D eigenvalue weighted by Crippen LogP contribution is -2.34. The molecule has 2 aromatic heterocycles. The lowest BCUT2D eigenvalue weighted by molar-refractivity contribution is -0.00694. The molecule has 146 valence electrons. The van der Waals surface area contributed by atoms with Gasteiger partial charge in [0.1, 0.15) is 18.2 Å². The Morgan fingerprint density at radius 2 is 2.24 bits per heavy atom. The summed E-state index contributed by atoms with van der Waals surface area (Å²) in [5, 5.41) is 0.819. The predicted octanol–water partition coefficient (Wildman–Crippen LogP) is 2.67. The molecule has 1 saturated heterocycles. The third kappa shape index (κ3) is 3.50. The Labute approximate surface area is 168 Å². The molecule has 0 radical (unpaired) electrons. The quantitative estimate of drug-likeness (QED) is 0.496. The molecule has 0 bridgehead atoms. The third-order valence-electron chi connectivity index (χ3n) is 5.19. The molecule has 1 aliphatic heterocycles. The van der Waals surface area contributed by atoms with Crippen molar-refractivity contribution in [2.75, 3.05) is 13.6 Å². The molecule has 1 amide bonds. The van der Waals surface area contributed by atoms with E-state index in [0.29, 0.717) is 24.0 Å². The summed E-state index contributed by atoms with van der Waals surface area (Å²) in [5.74, 6) is 2.46. The minimum Gasteiger partial charge on any atom is -0.353 e. The number of aromatic nitrogens is 3. The molecule has 4 rings (SSSR count). The number of carbonyl (C=O) groups excluding carboxylic acids is 2. The monoisotopic (exact) mass is 388 g/mol. The maximum absolute atomic E-state index is 12.7. The van der Waals surface area contributed by atoms with Crippen LogP contribution in [0.2, 0.25) is 0 Å². The highest BCUT2D eigenvalue weighted by molar-refractivity contribution is 6.01. The number of ether oxygens (including phenoxy) is 1. The maximum atomic E-state index is 12.7. The number of terminal acetylenes is 1. The summed E-state index contributed by atoms with van der Waals surface area (Å²) < 4.78 is 8.14. The van der Waals surface area contributed by atoms with E-state index < -0.39 is 0 Å². The van der Waals surface area contributed by atoms with E-state index >= 15 is 0 Å². The van der Waals surface area contributed by atoms with E-state index in [4.69, 9.17) is 11.2 Å². The van der Waals surface area contributed by atoms with Crippen LogP contribution in [0.4, 0.5) is 0 Å². The van der Waals surface area contributed by atoms with Crippen molar-refractivity contribution in [1.29, 1.82) is 0 Å². The smallest absolute Gasteiger partial charge is 0.254 e. The molecular weight excluding hydrogens is 368 g/mol. The largest absolute Gasteiger partial charge is 0.353 e. The van der Waals surface area contributed by atoms with Gasteiger partial charge in [0.25, 0.3) is 5.91 Å². The van der Waals surface area contributed by atoms with Crippen molar-refractivity contribution in [2.45, 2.75) is 25.2 Å². The van der Waals surface area contributed by atoms with Crippen molar-refractivity contribution in [3.63, 3.8) is 0 Å². The van der Waals surface area contributed by atoms with Crippen LogP contribution < -0.4 is 0 Å². The average Bonchev–Trinajstić information content (AvgIpc) is 3.37. The van der Waals surface area contributed by atoms with Crippen molar-refractivity contribution in [3.05, 3.63) is 59.7 Å². The number of hydrogen-bond donors (Lipinski definition) is 0. The van der Waals surface area contributed by atoms with Gasteiger partial charge < -0.3 is 14.2 Å². The van der Waals surface area contributed by atoms with E-state index in [2.05, 4.69) is 15.9 Å². The van der Waals surface area contributed by atoms with E-state index in [1.807, 2.05) is 10.8 Å². The Balaban J connectivity index is 1.48. The van der Waals surface area contributed by atoms with Gasteiger partial charge in [-0.2, -0.15) is 0 Å². The number of amides is 1. The summed E-state index contributed by atoms with van der Waals surface area (Å²) in [6.07, 6.45) is 12.6. The van der Waals surface area contributed by atoms with Crippen molar-refractivity contribution in [1.82, 2.24) is 19.4 Å². The minimum atomic E-state index is -0.203. The molecule has 0 saturated carbocycles. The topological polar surface area (TPSA) is 77.3 Å². The first-order valence-electron chi connectivity index (χ1n) is 9.34. The van der Waals surface area contributed by atoms with Crippen molar-refractivity contribution < 1.29 is 14.3 Å². The van der Waals surface area contributed by atoms with Gasteiger partial charge in [0.2, 0.25) is 0 Å². The first-order chi connectivity index (χ1) is 14.1. The van der Waals surface area contributed by atoms with E-state index in [0.717, 1.165) is 29.4 Å². The predicted molar refractivity (Wildman–Crippen MR) is 107 cm³/mol. The van der Waals surface area contributed by atoms with Crippen LogP contribution in [0.5, 0.6) is 0 Å². The van der Waals surface area contributed by atoms with Gasteiger partial charge in [-0.15, -0.1) is 6.42 Å². The van der Waals surface area contributed by atoms with E-state index in [1.54, 1.807) is 42.4 Å². The molecular formula is C22H20N4O3. The summed E-state index contributed by atoms with van der Waals surface area (Å²) in [5.41, 5.74) is 2.24. The zero-order valence-electron chi connectivity index (χ0n) is 16.0. The maximum Gasteiger partial charge on any atom is 0.254 e. The highest BCUT2D eigenvalue weighted by atomic mass is 16.5. The first-order valence-corrected chi connectivity index (χ1v) is 9.34. The molecule has 2 atom stereocenters. The molecule has 7 heteroatoms. The second-order valence-corrected chi connectivity index (χ2v) is 7.04. The van der Waals surface area contributed by atoms with Crippen molar-refractivity contribution in [2.24, 2.45) is 0 Å². The Morgan fingerprint density at radius 1 is 1.41 bits per heavy atom. The third-order valence-corrected chi connectivity index (χ3v) is 5.19. The van der Waals surface area contributed by atoms with E-state index in [9.17, 15) is 9.59 Å². The fraction of sp³-hybridized carbons (Fsp3) is 0.273. The Morgan fingerprint density at radius 3 is 3.03 bits per heavy atom.